The summed E-state index contributed by atoms with van der Waals surface area (Å²) in [6.45, 7) is 1.42. The predicted molar refractivity (Wildman–Crippen MR) is 66.8 cm³/mol. The molecule has 0 saturated carbocycles. The molecule has 2 nitrogen and oxygen atoms in total. The van der Waals surface area contributed by atoms with Gasteiger partial charge in [-0.2, -0.15) is 0 Å². The Balaban J connectivity index is 1.87. The molecule has 16 heavy (non-hydrogen) atoms. The fraction of sp³-hybridized carbons (Fsp3) is 0.182. The van der Waals surface area contributed by atoms with Gasteiger partial charge >= 0.3 is 0 Å². The maximum atomic E-state index is 13.2. The van der Waals surface area contributed by atoms with Gasteiger partial charge < -0.3 is 5.32 Å². The van der Waals surface area contributed by atoms with E-state index in [1.165, 1.54) is 10.9 Å². The molecule has 0 fully saturated rings. The van der Waals surface area contributed by atoms with E-state index in [-0.39, 0.29) is 5.82 Å². The van der Waals surface area contributed by atoms with Crippen LogP contribution in [-0.4, -0.2) is 4.98 Å². The molecule has 1 N–H and O–H groups in total. The molecule has 0 bridgehead atoms. The van der Waals surface area contributed by atoms with Crippen molar-refractivity contribution in [2.45, 2.75) is 13.1 Å². The fourth-order valence-corrected chi connectivity index (χ4v) is 2.12. The molecule has 1 heterocycles. The van der Waals surface area contributed by atoms with E-state index in [2.05, 4.69) is 26.2 Å². The van der Waals surface area contributed by atoms with Crippen LogP contribution in [0.5, 0.6) is 0 Å². The Morgan fingerprint density at radius 3 is 2.94 bits per heavy atom. The molecule has 2 rings (SSSR count). The van der Waals surface area contributed by atoms with Crippen LogP contribution in [0.1, 0.15) is 10.4 Å². The summed E-state index contributed by atoms with van der Waals surface area (Å²) in [7, 11) is 0. The van der Waals surface area contributed by atoms with E-state index < -0.39 is 0 Å². The molecule has 5 heteroatoms. The SMILES string of the molecule is Fc1cc(CNCc2cncs2)ccc1Br. The summed E-state index contributed by atoms with van der Waals surface area (Å²) >= 11 is 4.74. The van der Waals surface area contributed by atoms with Gasteiger partial charge in [0, 0.05) is 24.2 Å². The molecule has 84 valence electrons. The van der Waals surface area contributed by atoms with Crippen molar-refractivity contribution in [3.8, 4) is 0 Å². The van der Waals surface area contributed by atoms with Crippen molar-refractivity contribution in [2.24, 2.45) is 0 Å². The van der Waals surface area contributed by atoms with Gasteiger partial charge in [0.05, 0.1) is 9.98 Å². The molecule has 0 saturated heterocycles. The lowest BCUT2D eigenvalue weighted by molar-refractivity contribution is 0.614. The third kappa shape index (κ3) is 3.10. The first-order valence-corrected chi connectivity index (χ1v) is 6.45. The first-order chi connectivity index (χ1) is 7.75. The Kier molecular flexibility index (Phi) is 4.04. The third-order valence-electron chi connectivity index (χ3n) is 2.10. The van der Waals surface area contributed by atoms with Gasteiger partial charge in [0.1, 0.15) is 5.82 Å². The summed E-state index contributed by atoms with van der Waals surface area (Å²) in [5.74, 6) is -0.225. The molecule has 0 spiro atoms. The number of halogens is 2. The van der Waals surface area contributed by atoms with E-state index in [0.29, 0.717) is 11.0 Å². The van der Waals surface area contributed by atoms with Gasteiger partial charge in [-0.1, -0.05) is 6.07 Å². The second kappa shape index (κ2) is 5.52. The zero-order valence-corrected chi connectivity index (χ0v) is 10.8. The largest absolute Gasteiger partial charge is 0.308 e. The minimum atomic E-state index is -0.225. The summed E-state index contributed by atoms with van der Waals surface area (Å²) in [6.07, 6.45) is 1.83. The average molecular weight is 301 g/mol. The molecule has 0 radical (unpaired) electrons. The van der Waals surface area contributed by atoms with Crippen LogP contribution < -0.4 is 5.32 Å². The molecule has 2 aromatic rings. The first-order valence-electron chi connectivity index (χ1n) is 4.78. The number of rotatable bonds is 4. The van der Waals surface area contributed by atoms with Crippen LogP contribution in [-0.2, 0) is 13.1 Å². The number of nitrogens with zero attached hydrogens (tertiary/aromatic N) is 1. The van der Waals surface area contributed by atoms with Gasteiger partial charge in [0.15, 0.2) is 0 Å². The van der Waals surface area contributed by atoms with E-state index in [1.807, 2.05) is 12.3 Å². The highest BCUT2D eigenvalue weighted by Gasteiger charge is 2.00. The first kappa shape index (κ1) is 11.7. The number of benzene rings is 1. The molecular formula is C11H10BrFN2S. The number of hydrogen-bond donors (Lipinski definition) is 1. The highest BCUT2D eigenvalue weighted by atomic mass is 79.9. The lowest BCUT2D eigenvalue weighted by Gasteiger charge is -2.04. The Hall–Kier alpha value is -0.780. The molecule has 0 unspecified atom stereocenters. The van der Waals surface area contributed by atoms with E-state index in [1.54, 1.807) is 22.9 Å². The number of aromatic nitrogens is 1. The van der Waals surface area contributed by atoms with E-state index >= 15 is 0 Å². The van der Waals surface area contributed by atoms with Crippen molar-refractivity contribution >= 4 is 27.3 Å². The molecular weight excluding hydrogens is 291 g/mol. The molecule has 0 atom stereocenters. The summed E-state index contributed by atoms with van der Waals surface area (Å²) < 4.78 is 13.7. The van der Waals surface area contributed by atoms with Crippen LogP contribution in [0.25, 0.3) is 0 Å². The predicted octanol–water partition coefficient (Wildman–Crippen LogP) is 3.33. The topological polar surface area (TPSA) is 24.9 Å². The van der Waals surface area contributed by atoms with Crippen molar-refractivity contribution in [3.05, 3.63) is 50.6 Å². The van der Waals surface area contributed by atoms with Gasteiger partial charge in [0.2, 0.25) is 0 Å². The van der Waals surface area contributed by atoms with Crippen molar-refractivity contribution in [2.75, 3.05) is 0 Å². The molecule has 0 amide bonds. The van der Waals surface area contributed by atoms with Crippen LogP contribution in [0.2, 0.25) is 0 Å². The summed E-state index contributed by atoms with van der Waals surface area (Å²) in [6, 6.07) is 5.15. The minimum Gasteiger partial charge on any atom is -0.308 e. The highest BCUT2D eigenvalue weighted by Crippen LogP contribution is 2.16. The lowest BCUT2D eigenvalue weighted by Crippen LogP contribution is -2.11. The Bertz CT molecular complexity index is 459. The number of hydrogen-bond acceptors (Lipinski definition) is 3. The van der Waals surface area contributed by atoms with Crippen LogP contribution in [0.15, 0.2) is 34.4 Å². The number of nitrogens with one attached hydrogen (secondary N) is 1. The normalized spacial score (nSPS) is 10.6. The van der Waals surface area contributed by atoms with Crippen LogP contribution in [0.4, 0.5) is 4.39 Å². The monoisotopic (exact) mass is 300 g/mol. The standard InChI is InChI=1S/C11H10BrFN2S/c12-10-2-1-8(3-11(10)13)4-14-5-9-6-15-7-16-9/h1-3,6-7,14H,4-5H2. The van der Waals surface area contributed by atoms with Crippen molar-refractivity contribution in [1.29, 1.82) is 0 Å². The third-order valence-corrected chi connectivity index (χ3v) is 3.52. The fourth-order valence-electron chi connectivity index (χ4n) is 1.31. The van der Waals surface area contributed by atoms with Gasteiger partial charge in [-0.3, -0.25) is 4.98 Å². The van der Waals surface area contributed by atoms with E-state index in [9.17, 15) is 4.39 Å². The Labute approximate surface area is 106 Å². The number of thiazole rings is 1. The Morgan fingerprint density at radius 1 is 1.38 bits per heavy atom. The maximum absolute atomic E-state index is 13.2. The van der Waals surface area contributed by atoms with Gasteiger partial charge in [-0.25, -0.2) is 4.39 Å². The van der Waals surface area contributed by atoms with Crippen molar-refractivity contribution in [1.82, 2.24) is 10.3 Å². The van der Waals surface area contributed by atoms with Crippen LogP contribution >= 0.6 is 27.3 Å². The van der Waals surface area contributed by atoms with Crippen LogP contribution in [0, 0.1) is 5.82 Å². The molecule has 0 aliphatic carbocycles. The quantitative estimate of drug-likeness (QED) is 0.937. The zero-order chi connectivity index (χ0) is 11.4. The maximum Gasteiger partial charge on any atom is 0.137 e. The minimum absolute atomic E-state index is 0.225. The van der Waals surface area contributed by atoms with Gasteiger partial charge in [0.25, 0.3) is 0 Å². The smallest absolute Gasteiger partial charge is 0.137 e. The van der Waals surface area contributed by atoms with Crippen molar-refractivity contribution < 1.29 is 4.39 Å². The molecule has 0 aliphatic heterocycles. The molecule has 1 aromatic carbocycles. The Morgan fingerprint density at radius 2 is 2.25 bits per heavy atom. The summed E-state index contributed by atoms with van der Waals surface area (Å²) in [5, 5.41) is 3.24. The zero-order valence-electron chi connectivity index (χ0n) is 8.41. The van der Waals surface area contributed by atoms with Gasteiger partial charge in [-0.05, 0) is 33.6 Å². The molecule has 0 aliphatic rings. The summed E-state index contributed by atoms with van der Waals surface area (Å²) in [5.41, 5.74) is 2.74. The second-order valence-corrected chi connectivity index (χ2v) is 5.14. The van der Waals surface area contributed by atoms with Gasteiger partial charge in [-0.15, -0.1) is 11.3 Å². The highest BCUT2D eigenvalue weighted by molar-refractivity contribution is 9.10. The van der Waals surface area contributed by atoms with E-state index in [4.69, 9.17) is 0 Å². The second-order valence-electron chi connectivity index (χ2n) is 3.32. The van der Waals surface area contributed by atoms with E-state index in [0.717, 1.165) is 12.1 Å². The van der Waals surface area contributed by atoms with Crippen molar-refractivity contribution in [3.63, 3.8) is 0 Å². The van der Waals surface area contributed by atoms with Crippen LogP contribution in [0.3, 0.4) is 0 Å². The average Bonchev–Trinajstić information content (AvgIpc) is 2.76. The summed E-state index contributed by atoms with van der Waals surface area (Å²) in [4.78, 5) is 5.16. The lowest BCUT2D eigenvalue weighted by atomic mass is 10.2. The molecule has 1 aromatic heterocycles.